The Labute approximate surface area is 121 Å². The molecule has 1 aliphatic heterocycles. The third-order valence-electron chi connectivity index (χ3n) is 4.64. The average Bonchev–Trinajstić information content (AvgIpc) is 2.47. The lowest BCUT2D eigenvalue weighted by Gasteiger charge is -2.37. The molecular weight excluding hydrogens is 254 g/mol. The number of piperazine rings is 1. The molecule has 20 heavy (non-hydrogen) atoms. The highest BCUT2D eigenvalue weighted by Crippen LogP contribution is 2.18. The van der Waals surface area contributed by atoms with E-state index in [4.69, 9.17) is 0 Å². The summed E-state index contributed by atoms with van der Waals surface area (Å²) in [5.74, 6) is 0.275. The van der Waals surface area contributed by atoms with E-state index in [9.17, 15) is 9.59 Å². The highest BCUT2D eigenvalue weighted by Gasteiger charge is 2.27. The first-order valence-corrected chi connectivity index (χ1v) is 7.88. The molecule has 1 atom stereocenters. The molecule has 2 amide bonds. The Morgan fingerprint density at radius 2 is 1.65 bits per heavy atom. The fourth-order valence-corrected chi connectivity index (χ4v) is 3.16. The van der Waals surface area contributed by atoms with Crippen molar-refractivity contribution in [3.63, 3.8) is 0 Å². The third kappa shape index (κ3) is 3.95. The molecule has 0 radical (unpaired) electrons. The molecule has 1 N–H and O–H groups in total. The number of nitrogens with zero attached hydrogens (tertiary/aromatic N) is 2. The Hall–Kier alpha value is -1.10. The van der Waals surface area contributed by atoms with Crippen molar-refractivity contribution in [3.05, 3.63) is 0 Å². The van der Waals surface area contributed by atoms with Gasteiger partial charge >= 0.3 is 0 Å². The first-order chi connectivity index (χ1) is 9.58. The SMILES string of the molecule is CC(=O)N1CCN(C(C)C(=O)NC2CCCCC2)CC1. The first kappa shape index (κ1) is 15.3. The maximum Gasteiger partial charge on any atom is 0.237 e. The summed E-state index contributed by atoms with van der Waals surface area (Å²) < 4.78 is 0. The van der Waals surface area contributed by atoms with Gasteiger partial charge in [-0.3, -0.25) is 14.5 Å². The summed E-state index contributed by atoms with van der Waals surface area (Å²) in [4.78, 5) is 27.6. The molecule has 1 saturated heterocycles. The van der Waals surface area contributed by atoms with Crippen molar-refractivity contribution in [3.8, 4) is 0 Å². The number of nitrogens with one attached hydrogen (secondary N) is 1. The van der Waals surface area contributed by atoms with E-state index in [1.165, 1.54) is 19.3 Å². The van der Waals surface area contributed by atoms with E-state index in [0.29, 0.717) is 6.04 Å². The van der Waals surface area contributed by atoms with Crippen LogP contribution in [0.25, 0.3) is 0 Å². The highest BCUT2D eigenvalue weighted by atomic mass is 16.2. The minimum absolute atomic E-state index is 0.0916. The fraction of sp³-hybridized carbons (Fsp3) is 0.867. The Balaban J connectivity index is 1.77. The zero-order valence-corrected chi connectivity index (χ0v) is 12.7. The van der Waals surface area contributed by atoms with Crippen LogP contribution in [0.1, 0.15) is 46.0 Å². The van der Waals surface area contributed by atoms with Crippen molar-refractivity contribution in [2.24, 2.45) is 0 Å². The molecule has 1 saturated carbocycles. The second kappa shape index (κ2) is 7.07. The molecular formula is C15H27N3O2. The maximum atomic E-state index is 12.3. The van der Waals surface area contributed by atoms with Crippen LogP contribution in [-0.4, -0.2) is 59.9 Å². The highest BCUT2D eigenvalue weighted by molar-refractivity contribution is 5.81. The third-order valence-corrected chi connectivity index (χ3v) is 4.64. The van der Waals surface area contributed by atoms with Gasteiger partial charge in [0.2, 0.25) is 11.8 Å². The molecule has 1 aliphatic carbocycles. The zero-order chi connectivity index (χ0) is 14.5. The van der Waals surface area contributed by atoms with Gasteiger partial charge in [-0.15, -0.1) is 0 Å². The standard InChI is InChI=1S/C15H27N3O2/c1-12(15(20)16-14-6-4-3-5-7-14)17-8-10-18(11-9-17)13(2)19/h12,14H,3-11H2,1-2H3,(H,16,20). The van der Waals surface area contributed by atoms with Gasteiger partial charge < -0.3 is 10.2 Å². The minimum atomic E-state index is -0.0916. The quantitative estimate of drug-likeness (QED) is 0.839. The van der Waals surface area contributed by atoms with Crippen molar-refractivity contribution in [2.75, 3.05) is 26.2 Å². The largest absolute Gasteiger partial charge is 0.352 e. The van der Waals surface area contributed by atoms with E-state index in [0.717, 1.165) is 39.0 Å². The second-order valence-corrected chi connectivity index (χ2v) is 6.06. The normalized spacial score (nSPS) is 23.4. The van der Waals surface area contributed by atoms with E-state index in [-0.39, 0.29) is 17.9 Å². The van der Waals surface area contributed by atoms with Crippen molar-refractivity contribution in [1.82, 2.24) is 15.1 Å². The molecule has 2 fully saturated rings. The van der Waals surface area contributed by atoms with E-state index >= 15 is 0 Å². The molecule has 0 bridgehead atoms. The summed E-state index contributed by atoms with van der Waals surface area (Å²) in [5, 5.41) is 3.19. The van der Waals surface area contributed by atoms with Gasteiger partial charge in [0.15, 0.2) is 0 Å². The zero-order valence-electron chi connectivity index (χ0n) is 12.7. The summed E-state index contributed by atoms with van der Waals surface area (Å²) in [7, 11) is 0. The van der Waals surface area contributed by atoms with E-state index in [2.05, 4.69) is 10.2 Å². The van der Waals surface area contributed by atoms with Crippen LogP contribution in [0.2, 0.25) is 0 Å². The van der Waals surface area contributed by atoms with Crippen LogP contribution in [0.5, 0.6) is 0 Å². The second-order valence-electron chi connectivity index (χ2n) is 6.06. The predicted octanol–water partition coefficient (Wildman–Crippen LogP) is 0.988. The Morgan fingerprint density at radius 1 is 1.05 bits per heavy atom. The summed E-state index contributed by atoms with van der Waals surface area (Å²) in [5.41, 5.74) is 0. The van der Waals surface area contributed by atoms with Crippen LogP contribution in [0, 0.1) is 0 Å². The molecule has 2 aliphatic rings. The molecule has 1 unspecified atom stereocenters. The van der Waals surface area contributed by atoms with Crippen LogP contribution in [0.15, 0.2) is 0 Å². The number of carbonyl (C=O) groups excluding carboxylic acids is 2. The first-order valence-electron chi connectivity index (χ1n) is 7.88. The van der Waals surface area contributed by atoms with Crippen LogP contribution in [-0.2, 0) is 9.59 Å². The lowest BCUT2D eigenvalue weighted by molar-refractivity contribution is -0.132. The Morgan fingerprint density at radius 3 is 2.20 bits per heavy atom. The molecule has 0 aromatic rings. The summed E-state index contributed by atoms with van der Waals surface area (Å²) in [6.07, 6.45) is 6.01. The minimum Gasteiger partial charge on any atom is -0.352 e. The molecule has 0 spiro atoms. The van der Waals surface area contributed by atoms with Gasteiger partial charge in [-0.05, 0) is 19.8 Å². The van der Waals surface area contributed by atoms with Gasteiger partial charge in [0.25, 0.3) is 0 Å². The Bertz CT molecular complexity index is 345. The van der Waals surface area contributed by atoms with Gasteiger partial charge in [0, 0.05) is 39.1 Å². The van der Waals surface area contributed by atoms with Gasteiger partial charge in [0.1, 0.15) is 0 Å². The van der Waals surface area contributed by atoms with Crippen LogP contribution < -0.4 is 5.32 Å². The van der Waals surface area contributed by atoms with Crippen molar-refractivity contribution in [2.45, 2.75) is 58.0 Å². The number of hydrogen-bond donors (Lipinski definition) is 1. The van der Waals surface area contributed by atoms with Gasteiger partial charge in [0.05, 0.1) is 6.04 Å². The van der Waals surface area contributed by atoms with Gasteiger partial charge in [-0.1, -0.05) is 19.3 Å². The van der Waals surface area contributed by atoms with Crippen LogP contribution >= 0.6 is 0 Å². The molecule has 0 aromatic heterocycles. The van der Waals surface area contributed by atoms with E-state index in [1.807, 2.05) is 11.8 Å². The van der Waals surface area contributed by atoms with Crippen LogP contribution in [0.3, 0.4) is 0 Å². The molecule has 5 heteroatoms. The van der Waals surface area contributed by atoms with Gasteiger partial charge in [-0.25, -0.2) is 0 Å². The van der Waals surface area contributed by atoms with Gasteiger partial charge in [-0.2, -0.15) is 0 Å². The number of rotatable bonds is 3. The molecule has 2 rings (SSSR count). The average molecular weight is 281 g/mol. The Kier molecular flexibility index (Phi) is 5.40. The number of hydrogen-bond acceptors (Lipinski definition) is 3. The summed E-state index contributed by atoms with van der Waals surface area (Å²) in [6.45, 7) is 6.63. The lowest BCUT2D eigenvalue weighted by atomic mass is 9.95. The van der Waals surface area contributed by atoms with Crippen molar-refractivity contribution in [1.29, 1.82) is 0 Å². The van der Waals surface area contributed by atoms with E-state index < -0.39 is 0 Å². The molecule has 5 nitrogen and oxygen atoms in total. The number of amides is 2. The van der Waals surface area contributed by atoms with Crippen molar-refractivity contribution >= 4 is 11.8 Å². The molecule has 0 aromatic carbocycles. The topological polar surface area (TPSA) is 52.7 Å². The van der Waals surface area contributed by atoms with Crippen LogP contribution in [0.4, 0.5) is 0 Å². The summed E-state index contributed by atoms with van der Waals surface area (Å²) in [6, 6.07) is 0.281. The van der Waals surface area contributed by atoms with E-state index in [1.54, 1.807) is 6.92 Å². The fourth-order valence-electron chi connectivity index (χ4n) is 3.16. The maximum absolute atomic E-state index is 12.3. The predicted molar refractivity (Wildman–Crippen MR) is 78.3 cm³/mol. The van der Waals surface area contributed by atoms with Crippen molar-refractivity contribution < 1.29 is 9.59 Å². The number of carbonyl (C=O) groups is 2. The monoisotopic (exact) mass is 281 g/mol. The summed E-state index contributed by atoms with van der Waals surface area (Å²) >= 11 is 0. The lowest BCUT2D eigenvalue weighted by Crippen LogP contribution is -2.55. The smallest absolute Gasteiger partial charge is 0.237 e. The molecule has 1 heterocycles. The molecule has 114 valence electrons.